The lowest BCUT2D eigenvalue weighted by Crippen LogP contribution is -2.24. The fourth-order valence-corrected chi connectivity index (χ4v) is 3.73. The molecule has 2 aromatic carbocycles. The van der Waals surface area contributed by atoms with Gasteiger partial charge < -0.3 is 15.8 Å². The Morgan fingerprint density at radius 2 is 1.51 bits per heavy atom. The summed E-state index contributed by atoms with van der Waals surface area (Å²) >= 11 is 0. The van der Waals surface area contributed by atoms with E-state index >= 15 is 0 Å². The largest absolute Gasteiger partial charge is 0.478 e. The van der Waals surface area contributed by atoms with Crippen molar-refractivity contribution < 1.29 is 9.53 Å². The number of nitrogen functional groups attached to an aromatic ring is 1. The van der Waals surface area contributed by atoms with E-state index < -0.39 is 0 Å². The van der Waals surface area contributed by atoms with Crippen LogP contribution in [0.4, 0.5) is 5.82 Å². The smallest absolute Gasteiger partial charge is 0.252 e. The minimum Gasteiger partial charge on any atom is -0.478 e. The highest BCUT2D eigenvalue weighted by molar-refractivity contribution is 5.93. The summed E-state index contributed by atoms with van der Waals surface area (Å²) < 4.78 is 6.04. The van der Waals surface area contributed by atoms with Crippen molar-refractivity contribution in [1.29, 1.82) is 0 Å². The van der Waals surface area contributed by atoms with E-state index in [0.717, 1.165) is 48.1 Å². The number of pyridine rings is 2. The van der Waals surface area contributed by atoms with Crippen LogP contribution in [0.1, 0.15) is 36.0 Å². The molecule has 2 aromatic heterocycles. The first-order valence-electron chi connectivity index (χ1n) is 11.9. The number of hydrogen-bond acceptors (Lipinski definition) is 5. The summed E-state index contributed by atoms with van der Waals surface area (Å²) in [6, 6.07) is 27.8. The van der Waals surface area contributed by atoms with Gasteiger partial charge >= 0.3 is 0 Å². The van der Waals surface area contributed by atoms with Gasteiger partial charge in [-0.25, -0.2) is 9.97 Å². The number of nitrogens with zero attached hydrogens (tertiary/aromatic N) is 2. The van der Waals surface area contributed by atoms with Crippen LogP contribution in [0, 0.1) is 0 Å². The zero-order valence-electron chi connectivity index (χ0n) is 19.7. The van der Waals surface area contributed by atoms with Crippen molar-refractivity contribution in [2.75, 3.05) is 18.9 Å². The Hall–Kier alpha value is -4.19. The molecule has 0 bridgehead atoms. The summed E-state index contributed by atoms with van der Waals surface area (Å²) in [6.45, 7) is 1.23. The minimum absolute atomic E-state index is 0.126. The molecule has 0 radical (unpaired) electrons. The molecule has 0 saturated carbocycles. The number of ether oxygens (including phenoxy) is 1. The lowest BCUT2D eigenvalue weighted by molar-refractivity contribution is 0.0952. The third-order valence-electron chi connectivity index (χ3n) is 5.63. The van der Waals surface area contributed by atoms with Crippen molar-refractivity contribution in [3.05, 3.63) is 96.7 Å². The maximum atomic E-state index is 12.1. The van der Waals surface area contributed by atoms with Crippen LogP contribution in [0.15, 0.2) is 91.1 Å². The molecule has 0 aliphatic heterocycles. The van der Waals surface area contributed by atoms with Crippen LogP contribution in [0.3, 0.4) is 0 Å². The van der Waals surface area contributed by atoms with Crippen molar-refractivity contribution in [3.8, 4) is 28.3 Å². The Kier molecular flexibility index (Phi) is 8.43. The van der Waals surface area contributed by atoms with Gasteiger partial charge in [0.2, 0.25) is 5.88 Å². The molecule has 0 unspecified atom stereocenters. The first-order valence-corrected chi connectivity index (χ1v) is 11.9. The van der Waals surface area contributed by atoms with Crippen molar-refractivity contribution in [3.63, 3.8) is 0 Å². The fourth-order valence-electron chi connectivity index (χ4n) is 3.73. The van der Waals surface area contributed by atoms with Gasteiger partial charge in [-0.1, -0.05) is 73.5 Å². The number of benzene rings is 2. The first kappa shape index (κ1) is 24.0. The van der Waals surface area contributed by atoms with Gasteiger partial charge in [-0.2, -0.15) is 0 Å². The maximum absolute atomic E-state index is 12.1. The Morgan fingerprint density at radius 3 is 2.23 bits per heavy atom. The molecule has 6 heteroatoms. The Labute approximate surface area is 206 Å². The second-order valence-electron chi connectivity index (χ2n) is 8.30. The average molecular weight is 467 g/mol. The monoisotopic (exact) mass is 466 g/mol. The van der Waals surface area contributed by atoms with Crippen molar-refractivity contribution in [2.24, 2.45) is 0 Å². The molecule has 0 aliphatic carbocycles. The van der Waals surface area contributed by atoms with E-state index in [1.54, 1.807) is 12.1 Å². The van der Waals surface area contributed by atoms with Crippen LogP contribution in [0.5, 0.6) is 5.88 Å². The first-order chi connectivity index (χ1) is 17.2. The molecule has 0 saturated heterocycles. The minimum atomic E-state index is -0.126. The summed E-state index contributed by atoms with van der Waals surface area (Å²) in [5.74, 6) is 0.913. The number of nitrogens with two attached hydrogens (primary N) is 1. The predicted molar refractivity (Wildman–Crippen MR) is 140 cm³/mol. The molecule has 35 heavy (non-hydrogen) atoms. The van der Waals surface area contributed by atoms with E-state index in [0.29, 0.717) is 30.4 Å². The quantitative estimate of drug-likeness (QED) is 0.274. The molecule has 2 heterocycles. The third-order valence-corrected chi connectivity index (χ3v) is 5.63. The molecule has 3 N–H and O–H groups in total. The van der Waals surface area contributed by atoms with E-state index in [1.807, 2.05) is 42.5 Å². The molecule has 4 aromatic rings. The van der Waals surface area contributed by atoms with Gasteiger partial charge in [0.05, 0.1) is 17.9 Å². The molecule has 0 aliphatic rings. The number of nitrogens with one attached hydrogen (secondary N) is 1. The Balaban J connectivity index is 1.24. The van der Waals surface area contributed by atoms with Crippen molar-refractivity contribution >= 4 is 11.7 Å². The van der Waals surface area contributed by atoms with E-state index in [2.05, 4.69) is 40.6 Å². The van der Waals surface area contributed by atoms with E-state index in [9.17, 15) is 4.79 Å². The number of anilines is 1. The summed E-state index contributed by atoms with van der Waals surface area (Å²) in [5.41, 5.74) is 10.3. The molecule has 4 rings (SSSR count). The van der Waals surface area contributed by atoms with Gasteiger partial charge in [0.1, 0.15) is 5.82 Å². The van der Waals surface area contributed by atoms with E-state index in [-0.39, 0.29) is 5.91 Å². The van der Waals surface area contributed by atoms with Gasteiger partial charge in [-0.3, -0.25) is 4.79 Å². The molecule has 0 fully saturated rings. The van der Waals surface area contributed by atoms with E-state index in [4.69, 9.17) is 15.5 Å². The molecule has 6 nitrogen and oxygen atoms in total. The lowest BCUT2D eigenvalue weighted by atomic mass is 10.0. The van der Waals surface area contributed by atoms with Crippen LogP contribution in [0.2, 0.25) is 0 Å². The van der Waals surface area contributed by atoms with E-state index in [1.165, 1.54) is 6.20 Å². The third kappa shape index (κ3) is 7.14. The summed E-state index contributed by atoms with van der Waals surface area (Å²) in [4.78, 5) is 20.8. The number of rotatable bonds is 11. The standard InChI is InChI=1S/C29H30N4O2/c30-27-16-15-24(21-32-27)29(34)31-17-9-1-2-10-18-35-28-20-25(22-11-5-3-6-12-22)19-26(33-28)23-13-7-4-8-14-23/h3-8,11-16,19-21H,1-2,9-10,17-18H2,(H2,30,32)(H,31,34). The molecule has 0 spiro atoms. The van der Waals surface area contributed by atoms with Crippen LogP contribution < -0.4 is 15.8 Å². The number of aromatic nitrogens is 2. The SMILES string of the molecule is Nc1ccc(C(=O)NCCCCCCOc2cc(-c3ccccc3)cc(-c3ccccc3)n2)cn1. The second-order valence-corrected chi connectivity index (χ2v) is 8.30. The average Bonchev–Trinajstić information content (AvgIpc) is 2.91. The second kappa shape index (κ2) is 12.3. The highest BCUT2D eigenvalue weighted by Gasteiger charge is 2.08. The van der Waals surface area contributed by atoms with Gasteiger partial charge in [-0.15, -0.1) is 0 Å². The normalized spacial score (nSPS) is 10.6. The number of carbonyl (C=O) groups is 1. The zero-order chi connectivity index (χ0) is 24.3. The summed E-state index contributed by atoms with van der Waals surface area (Å²) in [7, 11) is 0. The van der Waals surface area contributed by atoms with Crippen molar-refractivity contribution in [2.45, 2.75) is 25.7 Å². The van der Waals surface area contributed by atoms with Gasteiger partial charge in [0.25, 0.3) is 5.91 Å². The topological polar surface area (TPSA) is 90.1 Å². The lowest BCUT2D eigenvalue weighted by Gasteiger charge is -2.11. The Bertz CT molecular complexity index is 1150. The highest BCUT2D eigenvalue weighted by atomic mass is 16.5. The van der Waals surface area contributed by atoms with Crippen LogP contribution in [-0.4, -0.2) is 29.0 Å². The number of carbonyl (C=O) groups excluding carboxylic acids is 1. The summed E-state index contributed by atoms with van der Waals surface area (Å²) in [6.07, 6.45) is 5.35. The van der Waals surface area contributed by atoms with Crippen LogP contribution >= 0.6 is 0 Å². The predicted octanol–water partition coefficient (Wildman–Crippen LogP) is 5.76. The molecular weight excluding hydrogens is 436 g/mol. The zero-order valence-corrected chi connectivity index (χ0v) is 19.7. The number of hydrogen-bond donors (Lipinski definition) is 2. The van der Waals surface area contributed by atoms with Gasteiger partial charge in [-0.05, 0) is 42.2 Å². The number of amides is 1. The molecular formula is C29H30N4O2. The van der Waals surface area contributed by atoms with Gasteiger partial charge in [0, 0.05) is 24.4 Å². The van der Waals surface area contributed by atoms with Gasteiger partial charge in [0.15, 0.2) is 0 Å². The molecule has 1 amide bonds. The fraction of sp³-hybridized carbons (Fsp3) is 0.207. The number of unbranched alkanes of at least 4 members (excludes halogenated alkanes) is 3. The van der Waals surface area contributed by atoms with Crippen LogP contribution in [-0.2, 0) is 0 Å². The molecule has 178 valence electrons. The van der Waals surface area contributed by atoms with Crippen LogP contribution in [0.25, 0.3) is 22.4 Å². The van der Waals surface area contributed by atoms with Crippen molar-refractivity contribution in [1.82, 2.24) is 15.3 Å². The Morgan fingerprint density at radius 1 is 0.800 bits per heavy atom. The molecule has 0 atom stereocenters. The highest BCUT2D eigenvalue weighted by Crippen LogP contribution is 2.28. The maximum Gasteiger partial charge on any atom is 0.252 e. The summed E-state index contributed by atoms with van der Waals surface area (Å²) in [5, 5.41) is 2.92.